The SMILES string of the molecule is CC(C)(C)OC(=O)N1CCC2(CC2B2OC(C)(C)C(C)(C)O2)C1. The fraction of sp³-hybridized carbons (Fsp3) is 0.941. The smallest absolute Gasteiger partial charge is 0.444 e. The highest BCUT2D eigenvalue weighted by molar-refractivity contribution is 6.49. The van der Waals surface area contributed by atoms with Gasteiger partial charge in [-0.3, -0.25) is 0 Å². The Labute approximate surface area is 140 Å². The molecular formula is C17H30BNO4. The van der Waals surface area contributed by atoms with Crippen molar-refractivity contribution in [1.82, 2.24) is 4.90 Å². The average Bonchev–Trinajstić information content (AvgIpc) is 2.76. The highest BCUT2D eigenvalue weighted by atomic mass is 16.7. The van der Waals surface area contributed by atoms with Gasteiger partial charge in [-0.25, -0.2) is 4.79 Å². The van der Waals surface area contributed by atoms with Crippen LogP contribution in [-0.2, 0) is 14.0 Å². The van der Waals surface area contributed by atoms with Gasteiger partial charge in [0.05, 0.1) is 11.2 Å². The first-order chi connectivity index (χ1) is 10.4. The summed E-state index contributed by atoms with van der Waals surface area (Å²) in [5.41, 5.74) is -0.852. The number of likely N-dealkylation sites (tertiary alicyclic amines) is 1. The topological polar surface area (TPSA) is 48.0 Å². The molecule has 1 aliphatic carbocycles. The van der Waals surface area contributed by atoms with Gasteiger partial charge in [0, 0.05) is 18.9 Å². The molecule has 5 nitrogen and oxygen atoms in total. The summed E-state index contributed by atoms with van der Waals surface area (Å²) in [6, 6.07) is 0. The summed E-state index contributed by atoms with van der Waals surface area (Å²) in [7, 11) is -0.154. The Balaban J connectivity index is 1.60. The van der Waals surface area contributed by atoms with E-state index < -0.39 is 5.60 Å². The van der Waals surface area contributed by atoms with Crippen LogP contribution in [0, 0.1) is 5.41 Å². The van der Waals surface area contributed by atoms with Gasteiger partial charge in [0.25, 0.3) is 0 Å². The molecule has 23 heavy (non-hydrogen) atoms. The second-order valence-corrected chi connectivity index (χ2v) is 9.45. The number of hydrogen-bond donors (Lipinski definition) is 0. The van der Waals surface area contributed by atoms with Crippen LogP contribution in [0.2, 0.25) is 5.82 Å². The van der Waals surface area contributed by atoms with Crippen molar-refractivity contribution >= 4 is 13.2 Å². The van der Waals surface area contributed by atoms with Crippen molar-refractivity contribution in [3.8, 4) is 0 Å². The highest BCUT2D eigenvalue weighted by Crippen LogP contribution is 2.66. The molecule has 2 aliphatic heterocycles. The van der Waals surface area contributed by atoms with Gasteiger partial charge < -0.3 is 18.9 Å². The Bertz CT molecular complexity index is 497. The lowest BCUT2D eigenvalue weighted by Crippen LogP contribution is -2.41. The molecule has 2 saturated heterocycles. The summed E-state index contributed by atoms with van der Waals surface area (Å²) in [5, 5.41) is 0. The van der Waals surface area contributed by atoms with Crippen molar-refractivity contribution < 1.29 is 18.8 Å². The standard InChI is InChI=1S/C17H30BNO4/c1-14(2,3)21-13(20)19-9-8-17(11-19)10-12(17)18-22-15(4,5)16(6,7)23-18/h12H,8-11H2,1-7H3. The third kappa shape index (κ3) is 3.00. The van der Waals surface area contributed by atoms with Crippen LogP contribution in [0.5, 0.6) is 0 Å². The van der Waals surface area contributed by atoms with Gasteiger partial charge in [0.2, 0.25) is 0 Å². The molecule has 1 spiro atoms. The second-order valence-electron chi connectivity index (χ2n) is 9.45. The molecule has 3 rings (SSSR count). The van der Waals surface area contributed by atoms with Gasteiger partial charge in [0.15, 0.2) is 0 Å². The van der Waals surface area contributed by atoms with E-state index in [-0.39, 0.29) is 29.8 Å². The number of nitrogens with zero attached hydrogens (tertiary/aromatic N) is 1. The number of hydrogen-bond acceptors (Lipinski definition) is 4. The lowest BCUT2D eigenvalue weighted by atomic mass is 9.76. The molecule has 2 unspecified atom stereocenters. The Morgan fingerprint density at radius 2 is 1.74 bits per heavy atom. The van der Waals surface area contributed by atoms with Gasteiger partial charge in [-0.05, 0) is 66.7 Å². The lowest BCUT2D eigenvalue weighted by molar-refractivity contribution is 0.00578. The Morgan fingerprint density at radius 1 is 1.17 bits per heavy atom. The molecule has 2 atom stereocenters. The van der Waals surface area contributed by atoms with Crippen LogP contribution in [-0.4, -0.2) is 48.0 Å². The predicted molar refractivity (Wildman–Crippen MR) is 89.3 cm³/mol. The van der Waals surface area contributed by atoms with Crippen LogP contribution >= 0.6 is 0 Å². The number of ether oxygens (including phenoxy) is 1. The molecule has 3 fully saturated rings. The van der Waals surface area contributed by atoms with E-state index in [0.717, 1.165) is 25.9 Å². The molecule has 0 N–H and O–H groups in total. The summed E-state index contributed by atoms with van der Waals surface area (Å²) < 4.78 is 17.9. The normalized spacial score (nSPS) is 35.0. The molecule has 3 aliphatic rings. The van der Waals surface area contributed by atoms with E-state index in [2.05, 4.69) is 27.7 Å². The van der Waals surface area contributed by atoms with E-state index in [9.17, 15) is 4.79 Å². The molecule has 1 amide bonds. The zero-order chi connectivity index (χ0) is 17.3. The summed E-state index contributed by atoms with van der Waals surface area (Å²) in [5.74, 6) is 0.385. The molecule has 0 radical (unpaired) electrons. The first-order valence-electron chi connectivity index (χ1n) is 8.69. The molecule has 130 valence electrons. The van der Waals surface area contributed by atoms with E-state index in [1.807, 2.05) is 25.7 Å². The number of amides is 1. The van der Waals surface area contributed by atoms with Crippen molar-refractivity contribution in [2.45, 2.75) is 83.9 Å². The highest BCUT2D eigenvalue weighted by Gasteiger charge is 2.68. The van der Waals surface area contributed by atoms with Crippen LogP contribution in [0.1, 0.15) is 61.3 Å². The molecule has 0 aromatic heterocycles. The van der Waals surface area contributed by atoms with Gasteiger partial charge in [-0.15, -0.1) is 0 Å². The van der Waals surface area contributed by atoms with E-state index in [1.54, 1.807) is 0 Å². The predicted octanol–water partition coefficient (Wildman–Crippen LogP) is 3.48. The molecule has 0 aromatic carbocycles. The van der Waals surface area contributed by atoms with Gasteiger partial charge in [0.1, 0.15) is 5.60 Å². The Kier molecular flexibility index (Phi) is 3.63. The van der Waals surface area contributed by atoms with Crippen LogP contribution in [0.15, 0.2) is 0 Å². The van der Waals surface area contributed by atoms with Crippen molar-refractivity contribution in [3.05, 3.63) is 0 Å². The van der Waals surface area contributed by atoms with Crippen molar-refractivity contribution in [1.29, 1.82) is 0 Å². The van der Waals surface area contributed by atoms with Crippen LogP contribution in [0.25, 0.3) is 0 Å². The molecular weight excluding hydrogens is 293 g/mol. The fourth-order valence-corrected chi connectivity index (χ4v) is 3.66. The van der Waals surface area contributed by atoms with Gasteiger partial charge >= 0.3 is 13.2 Å². The van der Waals surface area contributed by atoms with E-state index >= 15 is 0 Å². The summed E-state index contributed by atoms with van der Waals surface area (Å²) >= 11 is 0. The van der Waals surface area contributed by atoms with E-state index in [4.69, 9.17) is 14.0 Å². The summed E-state index contributed by atoms with van der Waals surface area (Å²) in [6.45, 7) is 15.6. The first kappa shape index (κ1) is 17.1. The molecule has 0 aromatic rings. The van der Waals surface area contributed by atoms with Crippen molar-refractivity contribution in [2.75, 3.05) is 13.1 Å². The molecule has 1 saturated carbocycles. The molecule has 0 bridgehead atoms. The lowest BCUT2D eigenvalue weighted by Gasteiger charge is -2.32. The maximum absolute atomic E-state index is 12.3. The molecule has 2 heterocycles. The third-order valence-corrected chi connectivity index (χ3v) is 5.89. The Hall–Kier alpha value is -0.745. The minimum atomic E-state index is -0.443. The van der Waals surface area contributed by atoms with Gasteiger partial charge in [-0.1, -0.05) is 0 Å². The van der Waals surface area contributed by atoms with Crippen LogP contribution < -0.4 is 0 Å². The van der Waals surface area contributed by atoms with E-state index in [1.165, 1.54) is 0 Å². The zero-order valence-corrected chi connectivity index (χ0v) is 15.6. The Morgan fingerprint density at radius 3 is 2.26 bits per heavy atom. The number of carbonyl (C=O) groups is 1. The maximum Gasteiger partial charge on any atom is 0.461 e. The zero-order valence-electron chi connectivity index (χ0n) is 15.6. The van der Waals surface area contributed by atoms with Crippen LogP contribution in [0.3, 0.4) is 0 Å². The second kappa shape index (κ2) is 4.88. The first-order valence-corrected chi connectivity index (χ1v) is 8.69. The fourth-order valence-electron chi connectivity index (χ4n) is 3.66. The average molecular weight is 323 g/mol. The van der Waals surface area contributed by atoms with Gasteiger partial charge in [-0.2, -0.15) is 0 Å². The third-order valence-electron chi connectivity index (χ3n) is 5.89. The largest absolute Gasteiger partial charge is 0.461 e. The minimum Gasteiger partial charge on any atom is -0.444 e. The summed E-state index contributed by atoms with van der Waals surface area (Å²) in [6.07, 6.45) is 1.89. The maximum atomic E-state index is 12.3. The van der Waals surface area contributed by atoms with E-state index in [0.29, 0.717) is 5.82 Å². The monoisotopic (exact) mass is 323 g/mol. The quantitative estimate of drug-likeness (QED) is 0.693. The van der Waals surface area contributed by atoms with Crippen LogP contribution in [0.4, 0.5) is 4.79 Å². The number of carbonyl (C=O) groups excluding carboxylic acids is 1. The van der Waals surface area contributed by atoms with Crippen molar-refractivity contribution in [2.24, 2.45) is 5.41 Å². The minimum absolute atomic E-state index is 0.154. The number of rotatable bonds is 1. The molecule has 6 heteroatoms. The summed E-state index contributed by atoms with van der Waals surface area (Å²) in [4.78, 5) is 14.1. The van der Waals surface area contributed by atoms with Crippen molar-refractivity contribution in [3.63, 3.8) is 0 Å².